The summed E-state index contributed by atoms with van der Waals surface area (Å²) >= 11 is 3.09. The van der Waals surface area contributed by atoms with Gasteiger partial charge in [-0.1, -0.05) is 19.9 Å². The van der Waals surface area contributed by atoms with E-state index in [0.29, 0.717) is 28.5 Å². The van der Waals surface area contributed by atoms with Crippen LogP contribution in [-0.4, -0.2) is 18.4 Å². The van der Waals surface area contributed by atoms with Crippen LogP contribution in [0.2, 0.25) is 0 Å². The van der Waals surface area contributed by atoms with Crippen LogP contribution in [0.15, 0.2) is 27.7 Å². The van der Waals surface area contributed by atoms with Crippen LogP contribution < -0.4 is 10.6 Å². The topological polar surface area (TPSA) is 53.5 Å². The predicted molar refractivity (Wildman–Crippen MR) is 75.3 cm³/mol. The summed E-state index contributed by atoms with van der Waals surface area (Å²) in [4.78, 5) is 16.1. The minimum atomic E-state index is -0.589. The number of aliphatic imine (C=N–C) groups is 1. The van der Waals surface area contributed by atoms with E-state index < -0.39 is 6.04 Å². The minimum Gasteiger partial charge on any atom is -0.340 e. The second kappa shape index (κ2) is 5.69. The Morgan fingerprint density at radius 2 is 2.21 bits per heavy atom. The zero-order chi connectivity index (χ0) is 14.0. The molecule has 1 atom stereocenters. The highest BCUT2D eigenvalue weighted by Gasteiger charge is 2.29. The number of guanidine groups is 1. The van der Waals surface area contributed by atoms with Gasteiger partial charge in [0.05, 0.1) is 4.47 Å². The second-order valence-corrected chi connectivity index (χ2v) is 5.68. The van der Waals surface area contributed by atoms with E-state index in [1.54, 1.807) is 12.1 Å². The molecule has 1 unspecified atom stereocenters. The molecule has 0 aliphatic carbocycles. The van der Waals surface area contributed by atoms with Crippen LogP contribution >= 0.6 is 15.9 Å². The SMILES string of the molecule is CC(C)CN=C1NC(=O)C(c2ccc(Br)c(F)c2)N1. The first kappa shape index (κ1) is 14.0. The number of rotatable bonds is 3. The number of amides is 1. The van der Waals surface area contributed by atoms with Crippen molar-refractivity contribution in [1.82, 2.24) is 10.6 Å². The van der Waals surface area contributed by atoms with Gasteiger partial charge < -0.3 is 5.32 Å². The molecule has 0 radical (unpaired) electrons. The number of carbonyl (C=O) groups excluding carboxylic acids is 1. The lowest BCUT2D eigenvalue weighted by Crippen LogP contribution is -2.26. The van der Waals surface area contributed by atoms with E-state index in [0.717, 1.165) is 0 Å². The number of carbonyl (C=O) groups is 1. The third-order valence-corrected chi connectivity index (χ3v) is 3.32. The van der Waals surface area contributed by atoms with E-state index in [-0.39, 0.29) is 11.7 Å². The standard InChI is InChI=1S/C13H15BrFN3O/c1-7(2)6-16-13-17-11(12(19)18-13)8-3-4-9(14)10(15)5-8/h3-5,7,11H,6H2,1-2H3,(H2,16,17,18,19). The Balaban J connectivity index is 2.15. The van der Waals surface area contributed by atoms with Crippen molar-refractivity contribution in [1.29, 1.82) is 0 Å². The predicted octanol–water partition coefficient (Wildman–Crippen LogP) is 2.36. The number of nitrogens with zero attached hydrogens (tertiary/aromatic N) is 1. The first-order valence-electron chi connectivity index (χ1n) is 6.04. The van der Waals surface area contributed by atoms with Crippen molar-refractivity contribution in [2.45, 2.75) is 19.9 Å². The van der Waals surface area contributed by atoms with Gasteiger partial charge in [-0.25, -0.2) is 4.39 Å². The highest BCUT2D eigenvalue weighted by atomic mass is 79.9. The Bertz CT molecular complexity index is 531. The molecule has 4 nitrogen and oxygen atoms in total. The lowest BCUT2D eigenvalue weighted by Gasteiger charge is -2.08. The zero-order valence-electron chi connectivity index (χ0n) is 10.7. The first-order chi connectivity index (χ1) is 8.97. The normalized spacial score (nSPS) is 20.8. The van der Waals surface area contributed by atoms with Crippen LogP contribution in [-0.2, 0) is 4.79 Å². The largest absolute Gasteiger partial charge is 0.340 e. The average molecular weight is 328 g/mol. The molecule has 1 aliphatic heterocycles. The number of hydrogen-bond donors (Lipinski definition) is 2. The monoisotopic (exact) mass is 327 g/mol. The van der Waals surface area contributed by atoms with Gasteiger partial charge in [-0.3, -0.25) is 15.1 Å². The van der Waals surface area contributed by atoms with Crippen LogP contribution in [0.5, 0.6) is 0 Å². The Labute approximate surface area is 119 Å². The maximum atomic E-state index is 13.5. The van der Waals surface area contributed by atoms with Gasteiger partial charge in [-0.2, -0.15) is 0 Å². The molecule has 2 rings (SSSR count). The van der Waals surface area contributed by atoms with Gasteiger partial charge in [0, 0.05) is 6.54 Å². The molecular weight excluding hydrogens is 313 g/mol. The summed E-state index contributed by atoms with van der Waals surface area (Å²) < 4.78 is 13.9. The highest BCUT2D eigenvalue weighted by Crippen LogP contribution is 2.22. The fourth-order valence-corrected chi connectivity index (χ4v) is 1.96. The van der Waals surface area contributed by atoms with Crippen LogP contribution in [0.3, 0.4) is 0 Å². The Hall–Kier alpha value is -1.43. The van der Waals surface area contributed by atoms with Gasteiger partial charge >= 0.3 is 0 Å². The van der Waals surface area contributed by atoms with Crippen molar-refractivity contribution in [2.24, 2.45) is 10.9 Å². The molecule has 6 heteroatoms. The van der Waals surface area contributed by atoms with Crippen molar-refractivity contribution in [3.8, 4) is 0 Å². The van der Waals surface area contributed by atoms with Gasteiger partial charge in [0.15, 0.2) is 5.96 Å². The molecule has 1 aromatic rings. The van der Waals surface area contributed by atoms with E-state index in [2.05, 4.69) is 31.6 Å². The van der Waals surface area contributed by atoms with Crippen LogP contribution in [0, 0.1) is 11.7 Å². The molecule has 0 bridgehead atoms. The van der Waals surface area contributed by atoms with Crippen molar-refractivity contribution in [3.05, 3.63) is 34.1 Å². The molecule has 102 valence electrons. The van der Waals surface area contributed by atoms with E-state index in [9.17, 15) is 9.18 Å². The number of nitrogens with one attached hydrogen (secondary N) is 2. The fourth-order valence-electron chi connectivity index (χ4n) is 1.71. The van der Waals surface area contributed by atoms with Gasteiger partial charge in [0.2, 0.25) is 0 Å². The summed E-state index contributed by atoms with van der Waals surface area (Å²) in [6, 6.07) is 4.04. The molecule has 1 fully saturated rings. The molecule has 1 aromatic carbocycles. The molecule has 0 aromatic heterocycles. The summed E-state index contributed by atoms with van der Waals surface area (Å²) in [5.74, 6) is 0.256. The van der Waals surface area contributed by atoms with Crippen molar-refractivity contribution in [3.63, 3.8) is 0 Å². The van der Waals surface area contributed by atoms with E-state index >= 15 is 0 Å². The maximum absolute atomic E-state index is 13.5. The molecule has 1 saturated heterocycles. The Morgan fingerprint density at radius 1 is 1.47 bits per heavy atom. The molecule has 0 saturated carbocycles. The van der Waals surface area contributed by atoms with Crippen molar-refractivity contribution < 1.29 is 9.18 Å². The van der Waals surface area contributed by atoms with Gasteiger partial charge in [0.25, 0.3) is 5.91 Å². The summed E-state index contributed by atoms with van der Waals surface area (Å²) in [5.41, 5.74) is 0.577. The van der Waals surface area contributed by atoms with Crippen molar-refractivity contribution >= 4 is 27.8 Å². The lowest BCUT2D eigenvalue weighted by atomic mass is 10.1. The van der Waals surface area contributed by atoms with Crippen LogP contribution in [0.4, 0.5) is 4.39 Å². The molecule has 1 amide bonds. The number of halogens is 2. The van der Waals surface area contributed by atoms with Crippen molar-refractivity contribution in [2.75, 3.05) is 6.54 Å². The summed E-state index contributed by atoms with van der Waals surface area (Å²) in [6.07, 6.45) is 0. The average Bonchev–Trinajstić information content (AvgIpc) is 2.72. The summed E-state index contributed by atoms with van der Waals surface area (Å²) in [6.45, 7) is 4.72. The third-order valence-electron chi connectivity index (χ3n) is 2.68. The maximum Gasteiger partial charge on any atom is 0.253 e. The first-order valence-corrected chi connectivity index (χ1v) is 6.83. The van der Waals surface area contributed by atoms with E-state index in [1.165, 1.54) is 6.07 Å². The molecule has 1 aliphatic rings. The molecule has 2 N–H and O–H groups in total. The fraction of sp³-hybridized carbons (Fsp3) is 0.385. The number of hydrogen-bond acceptors (Lipinski definition) is 2. The third kappa shape index (κ3) is 3.32. The minimum absolute atomic E-state index is 0.218. The van der Waals surface area contributed by atoms with Crippen LogP contribution in [0.1, 0.15) is 25.5 Å². The van der Waals surface area contributed by atoms with E-state index in [4.69, 9.17) is 0 Å². The highest BCUT2D eigenvalue weighted by molar-refractivity contribution is 9.10. The summed E-state index contributed by atoms with van der Waals surface area (Å²) in [5, 5.41) is 5.62. The Morgan fingerprint density at radius 3 is 2.84 bits per heavy atom. The summed E-state index contributed by atoms with van der Waals surface area (Å²) in [7, 11) is 0. The van der Waals surface area contributed by atoms with E-state index in [1.807, 2.05) is 13.8 Å². The molecule has 0 spiro atoms. The van der Waals surface area contributed by atoms with Gasteiger partial charge in [-0.15, -0.1) is 0 Å². The Kier molecular flexibility index (Phi) is 4.19. The second-order valence-electron chi connectivity index (χ2n) is 4.82. The number of benzene rings is 1. The van der Waals surface area contributed by atoms with Gasteiger partial charge in [0.1, 0.15) is 11.9 Å². The van der Waals surface area contributed by atoms with Gasteiger partial charge in [-0.05, 0) is 39.5 Å². The lowest BCUT2D eigenvalue weighted by molar-refractivity contribution is -0.120. The van der Waals surface area contributed by atoms with Crippen LogP contribution in [0.25, 0.3) is 0 Å². The zero-order valence-corrected chi connectivity index (χ0v) is 12.3. The molecule has 1 heterocycles. The quantitative estimate of drug-likeness (QED) is 0.895. The smallest absolute Gasteiger partial charge is 0.253 e. The molecular formula is C13H15BrFN3O. The molecule has 19 heavy (non-hydrogen) atoms.